The molecular formula is C14H18N4O2S. The summed E-state index contributed by atoms with van der Waals surface area (Å²) in [7, 11) is 1.62. The van der Waals surface area contributed by atoms with Crippen LogP contribution in [0, 0.1) is 0 Å². The molecule has 1 N–H and O–H groups in total. The van der Waals surface area contributed by atoms with Crippen molar-refractivity contribution in [2.24, 2.45) is 0 Å². The minimum absolute atomic E-state index is 0.0930. The maximum Gasteiger partial charge on any atom is 0.250 e. The molecule has 0 bridgehead atoms. The number of amides is 1. The Kier molecular flexibility index (Phi) is 4.03. The van der Waals surface area contributed by atoms with Crippen LogP contribution in [0.25, 0.3) is 10.2 Å². The summed E-state index contributed by atoms with van der Waals surface area (Å²) in [6.07, 6.45) is 2.14. The molecule has 0 aromatic carbocycles. The molecular weight excluding hydrogens is 288 g/mol. The third-order valence-corrected chi connectivity index (χ3v) is 4.80. The zero-order chi connectivity index (χ0) is 14.8. The van der Waals surface area contributed by atoms with E-state index in [9.17, 15) is 4.79 Å². The Labute approximate surface area is 127 Å². The average Bonchev–Trinajstić information content (AvgIpc) is 2.97. The highest BCUT2D eigenvalue weighted by Gasteiger charge is 2.27. The van der Waals surface area contributed by atoms with Gasteiger partial charge in [-0.05, 0) is 12.5 Å². The smallest absolute Gasteiger partial charge is 0.250 e. The molecule has 2 aromatic rings. The van der Waals surface area contributed by atoms with Crippen molar-refractivity contribution in [2.45, 2.75) is 19.4 Å². The number of anilines is 1. The van der Waals surface area contributed by atoms with Crippen LogP contribution in [0.5, 0.6) is 0 Å². The number of carbonyl (C=O) groups is 1. The molecule has 21 heavy (non-hydrogen) atoms. The van der Waals surface area contributed by atoms with Crippen LogP contribution in [0.3, 0.4) is 0 Å². The van der Waals surface area contributed by atoms with Crippen molar-refractivity contribution in [3.05, 3.63) is 17.3 Å². The van der Waals surface area contributed by atoms with Gasteiger partial charge in [0.2, 0.25) is 0 Å². The molecule has 2 aromatic heterocycles. The minimum atomic E-state index is -0.446. The zero-order valence-corrected chi connectivity index (χ0v) is 12.9. The second-order valence-electron chi connectivity index (χ2n) is 4.90. The normalized spacial score (nSPS) is 19.0. The molecule has 3 heterocycles. The number of rotatable bonds is 3. The van der Waals surface area contributed by atoms with E-state index in [-0.39, 0.29) is 5.91 Å². The Morgan fingerprint density at radius 2 is 2.43 bits per heavy atom. The SMILES string of the molecule is CCc1cc2c(N3CCOC(C(=O)NC)C3)ncnc2s1. The quantitative estimate of drug-likeness (QED) is 0.923. The van der Waals surface area contributed by atoms with Gasteiger partial charge in [0.05, 0.1) is 18.5 Å². The number of hydrogen-bond acceptors (Lipinski definition) is 6. The number of hydrogen-bond donors (Lipinski definition) is 1. The summed E-state index contributed by atoms with van der Waals surface area (Å²) >= 11 is 1.70. The number of aromatic nitrogens is 2. The summed E-state index contributed by atoms with van der Waals surface area (Å²) in [6.45, 7) is 3.91. The van der Waals surface area contributed by atoms with Gasteiger partial charge in [-0.2, -0.15) is 0 Å². The molecule has 3 rings (SSSR count). The number of carbonyl (C=O) groups excluding carboxylic acids is 1. The van der Waals surface area contributed by atoms with Crippen molar-refractivity contribution >= 4 is 33.3 Å². The lowest BCUT2D eigenvalue weighted by atomic mass is 10.2. The standard InChI is InChI=1S/C14H18N4O2S/c1-3-9-6-10-12(16-8-17-14(10)21-9)18-4-5-20-11(7-18)13(19)15-2/h6,8,11H,3-5,7H2,1-2H3,(H,15,19). The van der Waals surface area contributed by atoms with Gasteiger partial charge in [-0.25, -0.2) is 9.97 Å². The van der Waals surface area contributed by atoms with E-state index in [1.54, 1.807) is 24.7 Å². The summed E-state index contributed by atoms with van der Waals surface area (Å²) < 4.78 is 5.53. The maximum absolute atomic E-state index is 11.8. The van der Waals surface area contributed by atoms with Crippen molar-refractivity contribution in [2.75, 3.05) is 31.6 Å². The van der Waals surface area contributed by atoms with Gasteiger partial charge in [0.1, 0.15) is 17.0 Å². The first kappa shape index (κ1) is 14.2. The van der Waals surface area contributed by atoms with Crippen LogP contribution in [0.1, 0.15) is 11.8 Å². The van der Waals surface area contributed by atoms with E-state index < -0.39 is 6.10 Å². The van der Waals surface area contributed by atoms with Crippen LogP contribution in [0.4, 0.5) is 5.82 Å². The summed E-state index contributed by atoms with van der Waals surface area (Å²) in [5.41, 5.74) is 0. The lowest BCUT2D eigenvalue weighted by molar-refractivity contribution is -0.132. The van der Waals surface area contributed by atoms with Gasteiger partial charge in [0.15, 0.2) is 6.10 Å². The molecule has 0 aliphatic carbocycles. The highest BCUT2D eigenvalue weighted by atomic mass is 32.1. The van der Waals surface area contributed by atoms with Gasteiger partial charge in [0.25, 0.3) is 5.91 Å². The molecule has 1 saturated heterocycles. The second-order valence-corrected chi connectivity index (χ2v) is 6.02. The molecule has 0 radical (unpaired) electrons. The number of likely N-dealkylation sites (N-methyl/N-ethyl adjacent to an activating group) is 1. The van der Waals surface area contributed by atoms with E-state index in [4.69, 9.17) is 4.74 Å². The average molecular weight is 306 g/mol. The van der Waals surface area contributed by atoms with Crippen molar-refractivity contribution in [3.63, 3.8) is 0 Å². The lowest BCUT2D eigenvalue weighted by Gasteiger charge is -2.32. The molecule has 1 aliphatic rings. The second kappa shape index (κ2) is 5.95. The molecule has 0 spiro atoms. The third kappa shape index (κ3) is 2.71. The number of ether oxygens (including phenoxy) is 1. The van der Waals surface area contributed by atoms with Crippen molar-refractivity contribution < 1.29 is 9.53 Å². The summed E-state index contributed by atoms with van der Waals surface area (Å²) in [5.74, 6) is 0.803. The van der Waals surface area contributed by atoms with E-state index in [1.807, 2.05) is 0 Å². The molecule has 1 atom stereocenters. The number of morpholine rings is 1. The number of nitrogens with zero attached hydrogens (tertiary/aromatic N) is 3. The van der Waals surface area contributed by atoms with E-state index in [2.05, 4.69) is 33.2 Å². The fraction of sp³-hybridized carbons (Fsp3) is 0.500. The van der Waals surface area contributed by atoms with Crippen LogP contribution < -0.4 is 10.2 Å². The Bertz CT molecular complexity index is 657. The molecule has 6 nitrogen and oxygen atoms in total. The fourth-order valence-corrected chi connectivity index (χ4v) is 3.41. The maximum atomic E-state index is 11.8. The first-order valence-corrected chi connectivity index (χ1v) is 7.86. The largest absolute Gasteiger partial charge is 0.365 e. The first-order chi connectivity index (χ1) is 10.2. The van der Waals surface area contributed by atoms with E-state index >= 15 is 0 Å². The Balaban J connectivity index is 1.92. The van der Waals surface area contributed by atoms with Crippen molar-refractivity contribution in [1.82, 2.24) is 15.3 Å². The summed E-state index contributed by atoms with van der Waals surface area (Å²) in [6, 6.07) is 2.15. The van der Waals surface area contributed by atoms with Gasteiger partial charge in [-0.3, -0.25) is 4.79 Å². The molecule has 1 fully saturated rings. The van der Waals surface area contributed by atoms with Crippen LogP contribution >= 0.6 is 11.3 Å². The number of nitrogens with one attached hydrogen (secondary N) is 1. The van der Waals surface area contributed by atoms with Gasteiger partial charge in [0, 0.05) is 18.5 Å². The summed E-state index contributed by atoms with van der Waals surface area (Å²) in [5, 5.41) is 3.70. The minimum Gasteiger partial charge on any atom is -0.365 e. The lowest BCUT2D eigenvalue weighted by Crippen LogP contribution is -2.49. The molecule has 1 aliphatic heterocycles. The van der Waals surface area contributed by atoms with Crippen LogP contribution in [0.15, 0.2) is 12.4 Å². The molecule has 1 amide bonds. The van der Waals surface area contributed by atoms with Crippen molar-refractivity contribution in [1.29, 1.82) is 0 Å². The first-order valence-electron chi connectivity index (χ1n) is 7.04. The van der Waals surface area contributed by atoms with Crippen LogP contribution in [0.2, 0.25) is 0 Å². The van der Waals surface area contributed by atoms with Gasteiger partial charge in [-0.15, -0.1) is 11.3 Å². The Hall–Kier alpha value is -1.73. The predicted octanol–water partition coefficient (Wildman–Crippen LogP) is 1.20. The molecule has 7 heteroatoms. The Morgan fingerprint density at radius 1 is 1.57 bits per heavy atom. The number of aryl methyl sites for hydroxylation is 1. The number of fused-ring (bicyclic) bond motifs is 1. The van der Waals surface area contributed by atoms with Crippen molar-refractivity contribution in [3.8, 4) is 0 Å². The van der Waals surface area contributed by atoms with Crippen LogP contribution in [-0.2, 0) is 16.0 Å². The van der Waals surface area contributed by atoms with E-state index in [1.165, 1.54) is 4.88 Å². The van der Waals surface area contributed by atoms with Gasteiger partial charge in [-0.1, -0.05) is 6.92 Å². The monoisotopic (exact) mass is 306 g/mol. The Morgan fingerprint density at radius 3 is 3.19 bits per heavy atom. The fourth-order valence-electron chi connectivity index (χ4n) is 2.48. The van der Waals surface area contributed by atoms with E-state index in [0.29, 0.717) is 13.2 Å². The number of thiophene rings is 1. The highest BCUT2D eigenvalue weighted by molar-refractivity contribution is 7.18. The third-order valence-electron chi connectivity index (χ3n) is 3.61. The molecule has 1 unspecified atom stereocenters. The van der Waals surface area contributed by atoms with Gasteiger partial charge >= 0.3 is 0 Å². The molecule has 112 valence electrons. The summed E-state index contributed by atoms with van der Waals surface area (Å²) in [4.78, 5) is 24.9. The van der Waals surface area contributed by atoms with Gasteiger partial charge < -0.3 is 15.0 Å². The predicted molar refractivity (Wildman–Crippen MR) is 82.8 cm³/mol. The highest BCUT2D eigenvalue weighted by Crippen LogP contribution is 2.31. The zero-order valence-electron chi connectivity index (χ0n) is 12.1. The van der Waals surface area contributed by atoms with Crippen LogP contribution in [-0.4, -0.2) is 48.7 Å². The topological polar surface area (TPSA) is 67.3 Å². The molecule has 0 saturated carbocycles. The van der Waals surface area contributed by atoms with E-state index in [0.717, 1.165) is 29.0 Å².